The number of ether oxygens (including phenoxy) is 1. The van der Waals surface area contributed by atoms with Crippen LogP contribution in [0.4, 0.5) is 0 Å². The first-order valence-electron chi connectivity index (χ1n) is 6.17. The van der Waals surface area contributed by atoms with Crippen molar-refractivity contribution >= 4 is 81.5 Å². The smallest absolute Gasteiger partial charge is 0.339 e. The van der Waals surface area contributed by atoms with Crippen LogP contribution >= 0.6 is 69.6 Å². The molecule has 2 aliphatic rings. The average molecular weight is 437 g/mol. The zero-order chi connectivity index (χ0) is 17.4. The third kappa shape index (κ3) is 4.47. The number of halogens is 6. The molecule has 9 heteroatoms. The minimum atomic E-state index is -1.69. The van der Waals surface area contributed by atoms with E-state index >= 15 is 0 Å². The van der Waals surface area contributed by atoms with E-state index in [1.165, 1.54) is 24.3 Å². The van der Waals surface area contributed by atoms with Crippen LogP contribution in [-0.4, -0.2) is 21.7 Å². The Labute approximate surface area is 162 Å². The van der Waals surface area contributed by atoms with Crippen LogP contribution in [-0.2, 0) is 14.3 Å². The topological polar surface area (TPSA) is 43.4 Å². The van der Waals surface area contributed by atoms with E-state index in [1.54, 1.807) is 0 Å². The summed E-state index contributed by atoms with van der Waals surface area (Å²) in [5, 5.41) is 0.828. The molecule has 3 nitrogen and oxygen atoms in total. The summed E-state index contributed by atoms with van der Waals surface area (Å²) in [6.07, 6.45) is 5.24. The Bertz CT molecular complexity index is 635. The third-order valence-electron chi connectivity index (χ3n) is 3.04. The maximum absolute atomic E-state index is 12.2. The maximum Gasteiger partial charge on any atom is 0.339 e. The Hall–Kier alpha value is -0.160. The quantitative estimate of drug-likeness (QED) is 0.334. The molecule has 0 N–H and O–H groups in total. The molecule has 0 heterocycles. The number of carbonyl (C=O) groups excluding carboxylic acids is 2. The minimum Gasteiger partial charge on any atom is -0.390 e. The summed E-state index contributed by atoms with van der Waals surface area (Å²) >= 11 is 35.7. The predicted molar refractivity (Wildman–Crippen MR) is 93.2 cm³/mol. The fourth-order valence-corrected chi connectivity index (χ4v) is 4.28. The number of hydrogen-bond donors (Lipinski definition) is 0. The molecule has 2 aliphatic carbocycles. The number of rotatable bonds is 2. The molecule has 0 saturated heterocycles. The molecule has 2 atom stereocenters. The van der Waals surface area contributed by atoms with E-state index in [9.17, 15) is 9.59 Å². The molecule has 0 amide bonds. The van der Waals surface area contributed by atoms with E-state index in [1.807, 2.05) is 0 Å². The van der Waals surface area contributed by atoms with Crippen molar-refractivity contribution in [3.8, 4) is 0 Å². The molecule has 0 spiro atoms. The van der Waals surface area contributed by atoms with E-state index in [0.717, 1.165) is 0 Å². The first-order valence-corrected chi connectivity index (χ1v) is 8.44. The fraction of sp³-hybridized carbons (Fsp3) is 0.286. The summed E-state index contributed by atoms with van der Waals surface area (Å²) in [5.74, 6) is -2.08. The molecule has 0 aliphatic heterocycles. The summed E-state index contributed by atoms with van der Waals surface area (Å²) in [7, 11) is 0. The zero-order valence-electron chi connectivity index (χ0n) is 11.2. The zero-order valence-corrected chi connectivity index (χ0v) is 15.8. The van der Waals surface area contributed by atoms with Crippen LogP contribution in [0.1, 0.15) is 12.8 Å². The van der Waals surface area contributed by atoms with Crippen molar-refractivity contribution in [3.05, 3.63) is 44.4 Å². The summed E-state index contributed by atoms with van der Waals surface area (Å²) < 4.78 is 4.81. The van der Waals surface area contributed by atoms with Gasteiger partial charge in [-0.25, -0.2) is 9.59 Å². The van der Waals surface area contributed by atoms with Gasteiger partial charge in [-0.05, 0) is 24.3 Å². The van der Waals surface area contributed by atoms with Gasteiger partial charge in [-0.1, -0.05) is 46.4 Å². The van der Waals surface area contributed by atoms with Crippen LogP contribution in [0.25, 0.3) is 0 Å². The Kier molecular flexibility index (Phi) is 5.82. The first-order chi connectivity index (χ1) is 10.5. The van der Waals surface area contributed by atoms with Crippen LogP contribution in [0.3, 0.4) is 0 Å². The standard InChI is InChI=1S/C14H8Cl6O3/c15-7-1-8(16)4-13(19,3-7)11(21)23-12(22)14(20)5-9(17)2-10(18)6-14/h1-3,5H,4,6H2. The summed E-state index contributed by atoms with van der Waals surface area (Å²) in [4.78, 5) is 21.1. The van der Waals surface area contributed by atoms with Crippen LogP contribution < -0.4 is 0 Å². The van der Waals surface area contributed by atoms with Gasteiger partial charge in [0, 0.05) is 33.0 Å². The second-order valence-electron chi connectivity index (χ2n) is 5.00. The molecule has 124 valence electrons. The van der Waals surface area contributed by atoms with Gasteiger partial charge in [0.2, 0.25) is 0 Å². The van der Waals surface area contributed by atoms with Crippen LogP contribution in [0.15, 0.2) is 44.4 Å². The predicted octanol–water partition coefficient (Wildman–Crippen LogP) is 5.31. The lowest BCUT2D eigenvalue weighted by Gasteiger charge is -2.27. The van der Waals surface area contributed by atoms with Gasteiger partial charge in [0.05, 0.1) is 0 Å². The number of esters is 2. The van der Waals surface area contributed by atoms with E-state index in [4.69, 9.17) is 74.3 Å². The van der Waals surface area contributed by atoms with Gasteiger partial charge in [-0.2, -0.15) is 0 Å². The molecule has 2 rings (SSSR count). The van der Waals surface area contributed by atoms with Gasteiger partial charge in [0.15, 0.2) is 9.75 Å². The van der Waals surface area contributed by atoms with Crippen molar-refractivity contribution in [1.29, 1.82) is 0 Å². The average Bonchev–Trinajstić information content (AvgIpc) is 2.34. The van der Waals surface area contributed by atoms with Crippen molar-refractivity contribution in [2.45, 2.75) is 22.6 Å². The van der Waals surface area contributed by atoms with E-state index in [0.29, 0.717) is 0 Å². The molecule has 0 fully saturated rings. The van der Waals surface area contributed by atoms with Crippen molar-refractivity contribution < 1.29 is 14.3 Å². The first kappa shape index (κ1) is 19.2. The second-order valence-corrected chi connectivity index (χ2v) is 8.19. The lowest BCUT2D eigenvalue weighted by Crippen LogP contribution is -2.41. The van der Waals surface area contributed by atoms with E-state index < -0.39 is 21.7 Å². The number of carbonyl (C=O) groups is 2. The van der Waals surface area contributed by atoms with Crippen LogP contribution in [0.2, 0.25) is 0 Å². The van der Waals surface area contributed by atoms with Gasteiger partial charge in [0.1, 0.15) is 0 Å². The lowest BCUT2D eigenvalue weighted by molar-refractivity contribution is -0.161. The van der Waals surface area contributed by atoms with Crippen molar-refractivity contribution in [3.63, 3.8) is 0 Å². The highest BCUT2D eigenvalue weighted by Gasteiger charge is 2.45. The lowest BCUT2D eigenvalue weighted by atomic mass is 9.98. The Morgan fingerprint density at radius 2 is 1.17 bits per heavy atom. The van der Waals surface area contributed by atoms with Crippen molar-refractivity contribution in [1.82, 2.24) is 0 Å². The normalized spacial score (nSPS) is 30.7. The molecular formula is C14H8Cl6O3. The summed E-state index contributed by atoms with van der Waals surface area (Å²) in [5.41, 5.74) is 0. The molecule has 0 aromatic heterocycles. The molecule has 0 aromatic carbocycles. The Balaban J connectivity index is 2.17. The molecule has 23 heavy (non-hydrogen) atoms. The Morgan fingerprint density at radius 3 is 1.48 bits per heavy atom. The fourth-order valence-electron chi connectivity index (χ4n) is 2.03. The summed E-state index contributed by atoms with van der Waals surface area (Å²) in [6.45, 7) is 0. The highest BCUT2D eigenvalue weighted by Crippen LogP contribution is 2.39. The Morgan fingerprint density at radius 1 is 0.826 bits per heavy atom. The SMILES string of the molecule is O=C(OC(=O)C1(Cl)C=C(Cl)C=C(Cl)C1)C1(Cl)C=C(Cl)C=C(Cl)C1. The molecule has 0 aromatic rings. The van der Waals surface area contributed by atoms with Crippen molar-refractivity contribution in [2.24, 2.45) is 0 Å². The highest BCUT2D eigenvalue weighted by molar-refractivity contribution is 6.44. The number of hydrogen-bond acceptors (Lipinski definition) is 3. The second kappa shape index (κ2) is 6.99. The monoisotopic (exact) mass is 434 g/mol. The van der Waals surface area contributed by atoms with Crippen LogP contribution in [0.5, 0.6) is 0 Å². The number of alkyl halides is 2. The highest BCUT2D eigenvalue weighted by atomic mass is 35.5. The minimum absolute atomic E-state index is 0.0645. The summed E-state index contributed by atoms with van der Waals surface area (Å²) in [6, 6.07) is 0. The molecule has 2 unspecified atom stereocenters. The van der Waals surface area contributed by atoms with Crippen LogP contribution in [0, 0.1) is 0 Å². The van der Waals surface area contributed by atoms with Crippen molar-refractivity contribution in [2.75, 3.05) is 0 Å². The molecule has 0 radical (unpaired) electrons. The molecular weight excluding hydrogens is 429 g/mol. The maximum atomic E-state index is 12.2. The van der Waals surface area contributed by atoms with Gasteiger partial charge in [-0.15, -0.1) is 23.2 Å². The van der Waals surface area contributed by atoms with E-state index in [-0.39, 0.29) is 33.0 Å². The third-order valence-corrected chi connectivity index (χ3v) is 4.75. The largest absolute Gasteiger partial charge is 0.390 e. The molecule has 0 saturated carbocycles. The van der Waals surface area contributed by atoms with Gasteiger partial charge in [0.25, 0.3) is 0 Å². The van der Waals surface area contributed by atoms with Gasteiger partial charge in [-0.3, -0.25) is 0 Å². The van der Waals surface area contributed by atoms with Gasteiger partial charge < -0.3 is 4.74 Å². The molecule has 0 bridgehead atoms. The van der Waals surface area contributed by atoms with E-state index in [2.05, 4.69) is 0 Å². The number of allylic oxidation sites excluding steroid dienone is 6. The van der Waals surface area contributed by atoms with Gasteiger partial charge >= 0.3 is 11.9 Å².